The lowest BCUT2D eigenvalue weighted by Gasteiger charge is -2.19. The lowest BCUT2D eigenvalue weighted by atomic mass is 10.1. The van der Waals surface area contributed by atoms with Gasteiger partial charge in [-0.1, -0.05) is 12.2 Å². The molecule has 0 spiro atoms. The van der Waals surface area contributed by atoms with Gasteiger partial charge < -0.3 is 4.90 Å². The third kappa shape index (κ3) is 2.64. The minimum absolute atomic E-state index is 0.334. The third-order valence-electron chi connectivity index (χ3n) is 4.31. The number of hydrogen-bond donors (Lipinski definition) is 1. The van der Waals surface area contributed by atoms with E-state index >= 15 is 0 Å². The highest BCUT2D eigenvalue weighted by atomic mass is 32.2. The van der Waals surface area contributed by atoms with E-state index in [2.05, 4.69) is 28.9 Å². The van der Waals surface area contributed by atoms with Crippen LogP contribution in [-0.2, 0) is 10.0 Å². The van der Waals surface area contributed by atoms with E-state index in [9.17, 15) is 8.42 Å². The van der Waals surface area contributed by atoms with Gasteiger partial charge in [-0.2, -0.15) is 9.40 Å². The second kappa shape index (κ2) is 5.98. The summed E-state index contributed by atoms with van der Waals surface area (Å²) in [5, 5.41) is 8.30. The molecule has 0 bridgehead atoms. The predicted molar refractivity (Wildman–Crippen MR) is 92.3 cm³/mol. The van der Waals surface area contributed by atoms with Crippen LogP contribution in [0.2, 0.25) is 0 Å². The maximum absolute atomic E-state index is 12.8. The van der Waals surface area contributed by atoms with Crippen LogP contribution in [0.1, 0.15) is 19.4 Å². The quantitative estimate of drug-likeness (QED) is 0.852. The van der Waals surface area contributed by atoms with E-state index < -0.39 is 10.0 Å². The van der Waals surface area contributed by atoms with Gasteiger partial charge in [0, 0.05) is 31.6 Å². The molecule has 124 valence electrons. The van der Waals surface area contributed by atoms with Gasteiger partial charge in [0.2, 0.25) is 10.0 Å². The van der Waals surface area contributed by atoms with Crippen LogP contribution in [0.5, 0.6) is 0 Å². The van der Waals surface area contributed by atoms with E-state index in [1.807, 2.05) is 19.1 Å². The summed E-state index contributed by atoms with van der Waals surface area (Å²) in [4.78, 5) is 2.45. The molecule has 1 N–H and O–H groups in total. The van der Waals surface area contributed by atoms with Gasteiger partial charge in [0.15, 0.2) is 5.82 Å². The Bertz CT molecular complexity index is 842. The molecular formula is C16H22N4O2S. The first-order chi connectivity index (χ1) is 11.0. The Morgan fingerprint density at radius 3 is 2.48 bits per heavy atom. The molecule has 7 heteroatoms. The maximum atomic E-state index is 12.8. The number of aryl methyl sites for hydroxylation is 1. The molecule has 1 aliphatic heterocycles. The predicted octanol–water partition coefficient (Wildman–Crippen LogP) is 2.28. The van der Waals surface area contributed by atoms with Crippen LogP contribution >= 0.6 is 0 Å². The lowest BCUT2D eigenvalue weighted by Crippen LogP contribution is -2.28. The van der Waals surface area contributed by atoms with Crippen molar-refractivity contribution >= 4 is 26.7 Å². The van der Waals surface area contributed by atoms with Crippen LogP contribution in [0.25, 0.3) is 10.9 Å². The summed E-state index contributed by atoms with van der Waals surface area (Å²) in [5.41, 5.74) is 1.78. The number of anilines is 1. The van der Waals surface area contributed by atoms with Gasteiger partial charge in [0.25, 0.3) is 0 Å². The van der Waals surface area contributed by atoms with Crippen LogP contribution in [0.3, 0.4) is 0 Å². The van der Waals surface area contributed by atoms with E-state index in [0.29, 0.717) is 18.0 Å². The van der Waals surface area contributed by atoms with E-state index in [1.54, 1.807) is 12.1 Å². The van der Waals surface area contributed by atoms with Gasteiger partial charge >= 0.3 is 0 Å². The number of benzene rings is 1. The third-order valence-corrected chi connectivity index (χ3v) is 6.12. The molecule has 0 radical (unpaired) electrons. The smallest absolute Gasteiger partial charge is 0.243 e. The molecule has 0 amide bonds. The summed E-state index contributed by atoms with van der Waals surface area (Å²) in [6.07, 6.45) is 3.75. The SMILES string of the molecule is CCN(CC)c1n[nH]c2c(C)cc(S(=O)(=O)N3CC=CC3)cc12. The van der Waals surface area contributed by atoms with Crippen molar-refractivity contribution < 1.29 is 8.42 Å². The first-order valence-corrected chi connectivity index (χ1v) is 9.31. The highest BCUT2D eigenvalue weighted by molar-refractivity contribution is 7.89. The van der Waals surface area contributed by atoms with Gasteiger partial charge in [-0.15, -0.1) is 0 Å². The Morgan fingerprint density at radius 2 is 1.87 bits per heavy atom. The van der Waals surface area contributed by atoms with E-state index in [0.717, 1.165) is 35.4 Å². The van der Waals surface area contributed by atoms with Crippen LogP contribution in [0.4, 0.5) is 5.82 Å². The summed E-state index contributed by atoms with van der Waals surface area (Å²) < 4.78 is 27.1. The van der Waals surface area contributed by atoms with Crippen LogP contribution in [0.15, 0.2) is 29.2 Å². The zero-order chi connectivity index (χ0) is 16.6. The van der Waals surface area contributed by atoms with E-state index in [-0.39, 0.29) is 0 Å². The number of hydrogen-bond acceptors (Lipinski definition) is 4. The Labute approximate surface area is 136 Å². The molecule has 1 aromatic heterocycles. The van der Waals surface area contributed by atoms with Gasteiger partial charge in [-0.25, -0.2) is 8.42 Å². The fraction of sp³-hybridized carbons (Fsp3) is 0.438. The highest BCUT2D eigenvalue weighted by Gasteiger charge is 2.26. The number of sulfonamides is 1. The van der Waals surface area contributed by atoms with Crippen molar-refractivity contribution in [3.05, 3.63) is 29.8 Å². The average molecular weight is 334 g/mol. The maximum Gasteiger partial charge on any atom is 0.243 e. The molecule has 2 aromatic rings. The summed E-state index contributed by atoms with van der Waals surface area (Å²) in [6.45, 7) is 8.56. The Balaban J connectivity index is 2.14. The van der Waals surface area contributed by atoms with E-state index in [1.165, 1.54) is 4.31 Å². The molecule has 6 nitrogen and oxygen atoms in total. The topological polar surface area (TPSA) is 69.3 Å². The molecule has 0 unspecified atom stereocenters. The zero-order valence-electron chi connectivity index (χ0n) is 13.7. The lowest BCUT2D eigenvalue weighted by molar-refractivity contribution is 0.488. The Hall–Kier alpha value is -1.86. The van der Waals surface area contributed by atoms with Crippen molar-refractivity contribution in [2.24, 2.45) is 0 Å². The summed E-state index contributed by atoms with van der Waals surface area (Å²) >= 11 is 0. The molecule has 0 saturated carbocycles. The molecule has 23 heavy (non-hydrogen) atoms. The fourth-order valence-corrected chi connectivity index (χ4v) is 4.42. The molecule has 1 aromatic carbocycles. The molecule has 0 aliphatic carbocycles. The van der Waals surface area contributed by atoms with Crippen LogP contribution in [-0.4, -0.2) is 49.1 Å². The number of nitrogens with zero attached hydrogens (tertiary/aromatic N) is 3. The number of nitrogens with one attached hydrogen (secondary N) is 1. The second-order valence-electron chi connectivity index (χ2n) is 5.68. The number of H-pyrrole nitrogens is 1. The number of rotatable bonds is 5. The van der Waals surface area contributed by atoms with Crippen LogP contribution < -0.4 is 4.90 Å². The normalized spacial score (nSPS) is 15.6. The largest absolute Gasteiger partial charge is 0.355 e. The van der Waals surface area contributed by atoms with Crippen molar-refractivity contribution in [2.45, 2.75) is 25.7 Å². The van der Waals surface area contributed by atoms with Gasteiger partial charge in [-0.05, 0) is 38.5 Å². The molecule has 0 atom stereocenters. The van der Waals surface area contributed by atoms with Gasteiger partial charge in [-0.3, -0.25) is 5.10 Å². The summed E-state index contributed by atoms with van der Waals surface area (Å²) in [5.74, 6) is 0.810. The molecule has 0 fully saturated rings. The number of fused-ring (bicyclic) bond motifs is 1. The second-order valence-corrected chi connectivity index (χ2v) is 7.61. The minimum atomic E-state index is -3.48. The minimum Gasteiger partial charge on any atom is -0.355 e. The van der Waals surface area contributed by atoms with Crippen molar-refractivity contribution in [3.63, 3.8) is 0 Å². The summed E-state index contributed by atoms with van der Waals surface area (Å²) in [7, 11) is -3.48. The van der Waals surface area contributed by atoms with Crippen molar-refractivity contribution in [2.75, 3.05) is 31.1 Å². The Kier molecular flexibility index (Phi) is 4.16. The van der Waals surface area contributed by atoms with Crippen molar-refractivity contribution in [3.8, 4) is 0 Å². The first kappa shape index (κ1) is 16.0. The molecule has 1 aliphatic rings. The van der Waals surface area contributed by atoms with Crippen molar-refractivity contribution in [1.29, 1.82) is 0 Å². The molecule has 2 heterocycles. The first-order valence-electron chi connectivity index (χ1n) is 7.87. The Morgan fingerprint density at radius 1 is 1.22 bits per heavy atom. The van der Waals surface area contributed by atoms with Crippen LogP contribution in [0, 0.1) is 6.92 Å². The van der Waals surface area contributed by atoms with Gasteiger partial charge in [0.05, 0.1) is 10.4 Å². The van der Waals surface area contributed by atoms with Crippen molar-refractivity contribution in [1.82, 2.24) is 14.5 Å². The fourth-order valence-electron chi connectivity index (χ4n) is 2.97. The monoisotopic (exact) mass is 334 g/mol. The standard InChI is InChI=1S/C16H22N4O2S/c1-4-19(5-2)16-14-11-13(10-12(3)15(14)17-18-16)23(21,22)20-8-6-7-9-20/h6-7,10-11H,4-5,8-9H2,1-3H3,(H,17,18). The zero-order valence-corrected chi connectivity index (χ0v) is 14.5. The number of aromatic nitrogens is 2. The van der Waals surface area contributed by atoms with Gasteiger partial charge in [0.1, 0.15) is 0 Å². The molecule has 3 rings (SSSR count). The molecule has 0 saturated heterocycles. The molecular weight excluding hydrogens is 312 g/mol. The average Bonchev–Trinajstić information content (AvgIpc) is 3.19. The highest BCUT2D eigenvalue weighted by Crippen LogP contribution is 2.30. The number of aromatic amines is 1. The van der Waals surface area contributed by atoms with E-state index in [4.69, 9.17) is 0 Å². The summed E-state index contributed by atoms with van der Waals surface area (Å²) in [6, 6.07) is 3.47.